The van der Waals surface area contributed by atoms with Crippen molar-refractivity contribution in [3.8, 4) is 0 Å². The van der Waals surface area contributed by atoms with Gasteiger partial charge in [0.05, 0.1) is 0 Å². The summed E-state index contributed by atoms with van der Waals surface area (Å²) >= 11 is 0. The fraction of sp³-hybridized carbons (Fsp3) is 1.00. The molecule has 106 valence electrons. The minimum absolute atomic E-state index is 0.160. The summed E-state index contributed by atoms with van der Waals surface area (Å²) in [5.41, 5.74) is 0. The van der Waals surface area contributed by atoms with Gasteiger partial charge in [0.25, 0.3) is 10.2 Å². The molecule has 0 aromatic rings. The lowest BCUT2D eigenvalue weighted by Gasteiger charge is -2.39. The maximum Gasteiger partial charge on any atom is 0.282 e. The zero-order valence-corrected chi connectivity index (χ0v) is 12.3. The highest BCUT2D eigenvalue weighted by Gasteiger charge is 2.35. The molecule has 0 saturated carbocycles. The first-order valence-electron chi connectivity index (χ1n) is 7.05. The molecule has 2 fully saturated rings. The van der Waals surface area contributed by atoms with Crippen molar-refractivity contribution in [1.29, 1.82) is 0 Å². The maximum atomic E-state index is 12.6. The molecule has 0 radical (unpaired) electrons. The van der Waals surface area contributed by atoms with Crippen LogP contribution in [-0.4, -0.2) is 67.2 Å². The Bertz CT molecular complexity index is 364. The van der Waals surface area contributed by atoms with E-state index < -0.39 is 10.2 Å². The fourth-order valence-electron chi connectivity index (χ4n) is 2.84. The zero-order chi connectivity index (χ0) is 13.2. The van der Waals surface area contributed by atoms with Crippen molar-refractivity contribution in [2.45, 2.75) is 39.2 Å². The third-order valence-electron chi connectivity index (χ3n) is 4.14. The number of piperidine rings is 1. The van der Waals surface area contributed by atoms with Crippen molar-refractivity contribution in [3.05, 3.63) is 0 Å². The van der Waals surface area contributed by atoms with Crippen LogP contribution in [0.15, 0.2) is 0 Å². The topological polar surface area (TPSA) is 43.9 Å². The number of rotatable bonds is 3. The van der Waals surface area contributed by atoms with Gasteiger partial charge in [-0.3, -0.25) is 0 Å². The van der Waals surface area contributed by atoms with E-state index in [0.29, 0.717) is 19.6 Å². The number of hydrogen-bond donors (Lipinski definition) is 0. The molecule has 0 amide bonds. The van der Waals surface area contributed by atoms with Crippen LogP contribution in [0.5, 0.6) is 0 Å². The van der Waals surface area contributed by atoms with Crippen LogP contribution < -0.4 is 0 Å². The lowest BCUT2D eigenvalue weighted by Crippen LogP contribution is -2.55. The first-order valence-corrected chi connectivity index (χ1v) is 8.44. The second-order valence-electron chi connectivity index (χ2n) is 5.30. The van der Waals surface area contributed by atoms with Crippen molar-refractivity contribution < 1.29 is 8.42 Å². The van der Waals surface area contributed by atoms with Crippen LogP contribution in [-0.2, 0) is 10.2 Å². The number of hydrogen-bond acceptors (Lipinski definition) is 3. The van der Waals surface area contributed by atoms with Crippen molar-refractivity contribution in [3.63, 3.8) is 0 Å². The standard InChI is InChI=1S/C12H25N3O2S/c1-3-13-8-10-14(11-9-13)18(16,17)15-7-5-4-6-12(15)2/h12H,3-11H2,1-2H3. The SMILES string of the molecule is CCN1CCN(S(=O)(=O)N2CCCCC2C)CC1. The minimum Gasteiger partial charge on any atom is -0.301 e. The Balaban J connectivity index is 2.02. The largest absolute Gasteiger partial charge is 0.301 e. The molecular weight excluding hydrogens is 250 g/mol. The quantitative estimate of drug-likeness (QED) is 0.763. The molecule has 2 rings (SSSR count). The average Bonchev–Trinajstić information content (AvgIpc) is 2.39. The van der Waals surface area contributed by atoms with Gasteiger partial charge in [-0.05, 0) is 26.3 Å². The Morgan fingerprint density at radius 2 is 1.72 bits per heavy atom. The summed E-state index contributed by atoms with van der Waals surface area (Å²) in [7, 11) is -3.23. The van der Waals surface area contributed by atoms with Gasteiger partial charge in [-0.2, -0.15) is 17.0 Å². The van der Waals surface area contributed by atoms with E-state index in [1.54, 1.807) is 8.61 Å². The maximum absolute atomic E-state index is 12.6. The monoisotopic (exact) mass is 275 g/mol. The van der Waals surface area contributed by atoms with Gasteiger partial charge < -0.3 is 4.90 Å². The van der Waals surface area contributed by atoms with Gasteiger partial charge >= 0.3 is 0 Å². The van der Waals surface area contributed by atoms with E-state index in [9.17, 15) is 8.42 Å². The lowest BCUT2D eigenvalue weighted by atomic mass is 10.1. The van der Waals surface area contributed by atoms with E-state index in [2.05, 4.69) is 11.8 Å². The highest BCUT2D eigenvalue weighted by molar-refractivity contribution is 7.86. The van der Waals surface area contributed by atoms with Crippen molar-refractivity contribution in [2.75, 3.05) is 39.3 Å². The third kappa shape index (κ3) is 2.87. The van der Waals surface area contributed by atoms with E-state index >= 15 is 0 Å². The van der Waals surface area contributed by atoms with Gasteiger partial charge in [-0.15, -0.1) is 0 Å². The Hall–Kier alpha value is -0.170. The van der Waals surface area contributed by atoms with Crippen LogP contribution >= 0.6 is 0 Å². The summed E-state index contributed by atoms with van der Waals surface area (Å²) in [6.45, 7) is 8.84. The second kappa shape index (κ2) is 5.86. The first kappa shape index (κ1) is 14.2. The third-order valence-corrected chi connectivity index (χ3v) is 6.30. The molecule has 2 heterocycles. The Kier molecular flexibility index (Phi) is 4.64. The molecule has 2 aliphatic heterocycles. The van der Waals surface area contributed by atoms with Gasteiger partial charge in [-0.25, -0.2) is 0 Å². The normalized spacial score (nSPS) is 29.6. The molecule has 2 saturated heterocycles. The van der Waals surface area contributed by atoms with Gasteiger partial charge in [0.2, 0.25) is 0 Å². The summed E-state index contributed by atoms with van der Waals surface area (Å²) in [5.74, 6) is 0. The van der Waals surface area contributed by atoms with Crippen LogP contribution in [0, 0.1) is 0 Å². The molecule has 1 unspecified atom stereocenters. The van der Waals surface area contributed by atoms with Crippen LogP contribution in [0.2, 0.25) is 0 Å². The number of piperazine rings is 1. The van der Waals surface area contributed by atoms with Crippen LogP contribution in [0.1, 0.15) is 33.1 Å². The molecular formula is C12H25N3O2S. The zero-order valence-electron chi connectivity index (χ0n) is 11.5. The highest BCUT2D eigenvalue weighted by Crippen LogP contribution is 2.22. The van der Waals surface area contributed by atoms with E-state index in [1.807, 2.05) is 6.92 Å². The molecule has 0 spiro atoms. The van der Waals surface area contributed by atoms with E-state index in [0.717, 1.165) is 38.9 Å². The predicted molar refractivity (Wildman–Crippen MR) is 72.6 cm³/mol. The minimum atomic E-state index is -3.23. The number of nitrogens with zero attached hydrogens (tertiary/aromatic N) is 3. The van der Waals surface area contributed by atoms with E-state index in [4.69, 9.17) is 0 Å². The lowest BCUT2D eigenvalue weighted by molar-refractivity contribution is 0.178. The molecule has 0 aliphatic carbocycles. The second-order valence-corrected chi connectivity index (χ2v) is 7.18. The van der Waals surface area contributed by atoms with Gasteiger partial charge in [-0.1, -0.05) is 13.3 Å². The average molecular weight is 275 g/mol. The molecule has 5 nitrogen and oxygen atoms in total. The predicted octanol–water partition coefficient (Wildman–Crippen LogP) is 0.743. The van der Waals surface area contributed by atoms with Crippen molar-refractivity contribution in [1.82, 2.24) is 13.5 Å². The van der Waals surface area contributed by atoms with Crippen LogP contribution in [0.25, 0.3) is 0 Å². The van der Waals surface area contributed by atoms with Crippen molar-refractivity contribution in [2.24, 2.45) is 0 Å². The van der Waals surface area contributed by atoms with Gasteiger partial charge in [0.15, 0.2) is 0 Å². The summed E-state index contributed by atoms with van der Waals surface area (Å²) in [6.07, 6.45) is 3.14. The first-order chi connectivity index (χ1) is 8.55. The smallest absolute Gasteiger partial charge is 0.282 e. The molecule has 0 aromatic carbocycles. The van der Waals surface area contributed by atoms with Gasteiger partial charge in [0, 0.05) is 38.8 Å². The highest BCUT2D eigenvalue weighted by atomic mass is 32.2. The molecule has 0 N–H and O–H groups in total. The molecule has 2 aliphatic rings. The summed E-state index contributed by atoms with van der Waals surface area (Å²) in [5, 5.41) is 0. The Morgan fingerprint density at radius 1 is 1.06 bits per heavy atom. The summed E-state index contributed by atoms with van der Waals surface area (Å²) in [6, 6.07) is 0.160. The van der Waals surface area contributed by atoms with Gasteiger partial charge in [0.1, 0.15) is 0 Å². The van der Waals surface area contributed by atoms with Crippen LogP contribution in [0.4, 0.5) is 0 Å². The fourth-order valence-corrected chi connectivity index (χ4v) is 4.68. The molecule has 6 heteroatoms. The number of likely N-dealkylation sites (N-methyl/N-ethyl adjacent to an activating group) is 1. The van der Waals surface area contributed by atoms with Crippen molar-refractivity contribution >= 4 is 10.2 Å². The summed E-state index contributed by atoms with van der Waals surface area (Å²) < 4.78 is 28.5. The molecule has 0 aromatic heterocycles. The summed E-state index contributed by atoms with van der Waals surface area (Å²) in [4.78, 5) is 2.30. The Labute approximate surface area is 111 Å². The molecule has 1 atom stereocenters. The Morgan fingerprint density at radius 3 is 2.28 bits per heavy atom. The molecule has 18 heavy (non-hydrogen) atoms. The molecule has 0 bridgehead atoms. The van der Waals surface area contributed by atoms with E-state index in [1.165, 1.54) is 0 Å². The van der Waals surface area contributed by atoms with Crippen LogP contribution in [0.3, 0.4) is 0 Å². The van der Waals surface area contributed by atoms with E-state index in [-0.39, 0.29) is 6.04 Å².